The third kappa shape index (κ3) is 7.88. The molecule has 3 nitrogen and oxygen atoms in total. The smallest absolute Gasteiger partial charge is 0.0700 e. The van der Waals surface area contributed by atoms with Crippen LogP contribution in [0.1, 0.15) is 13.3 Å². The van der Waals surface area contributed by atoms with Crippen molar-refractivity contribution < 1.29 is 14.6 Å². The zero-order chi connectivity index (χ0) is 7.66. The van der Waals surface area contributed by atoms with Gasteiger partial charge in [-0.15, -0.1) is 6.61 Å². The molecule has 0 radical (unpaired) electrons. The van der Waals surface area contributed by atoms with Gasteiger partial charge in [-0.1, -0.05) is 6.92 Å². The molecule has 0 amide bonds. The van der Waals surface area contributed by atoms with Crippen LogP contribution in [0.15, 0.2) is 0 Å². The Morgan fingerprint density at radius 3 is 2.10 bits per heavy atom. The Hall–Kier alpha value is -0.120. The highest BCUT2D eigenvalue weighted by molar-refractivity contribution is 4.30. The third-order valence-electron chi connectivity index (χ3n) is 0.948. The predicted molar refractivity (Wildman–Crippen MR) is 36.8 cm³/mol. The van der Waals surface area contributed by atoms with Gasteiger partial charge in [0.15, 0.2) is 0 Å². The van der Waals surface area contributed by atoms with E-state index in [1.807, 2.05) is 0 Å². The topological polar surface area (TPSA) is 41.5 Å². The largest absolute Gasteiger partial charge is 0.853 e. The molecule has 0 fully saturated rings. The van der Waals surface area contributed by atoms with Gasteiger partial charge in [-0.2, -0.15) is 0 Å². The van der Waals surface area contributed by atoms with E-state index in [9.17, 15) is 5.11 Å². The normalized spacial score (nSPS) is 10.2. The Morgan fingerprint density at radius 2 is 1.60 bits per heavy atom. The summed E-state index contributed by atoms with van der Waals surface area (Å²) in [6.07, 6.45) is 1.03. The number of hydrogen-bond acceptors (Lipinski definition) is 3. The van der Waals surface area contributed by atoms with Crippen molar-refractivity contribution in [3.05, 3.63) is 0 Å². The summed E-state index contributed by atoms with van der Waals surface area (Å²) in [5.41, 5.74) is 0. The standard InChI is InChI=1S/C7H15O3/c1-2-4-9-6-7-10-5-3-8/h2-7H2,1H3/q-1. The summed E-state index contributed by atoms with van der Waals surface area (Å²) in [6.45, 7) is 4.12. The van der Waals surface area contributed by atoms with Crippen LogP contribution in [0.25, 0.3) is 0 Å². The molecule has 0 bridgehead atoms. The van der Waals surface area contributed by atoms with Gasteiger partial charge in [-0.25, -0.2) is 0 Å². The van der Waals surface area contributed by atoms with E-state index in [1.165, 1.54) is 0 Å². The van der Waals surface area contributed by atoms with Gasteiger partial charge in [0.2, 0.25) is 0 Å². The van der Waals surface area contributed by atoms with Crippen LogP contribution in [0, 0.1) is 0 Å². The van der Waals surface area contributed by atoms with Gasteiger partial charge >= 0.3 is 0 Å². The van der Waals surface area contributed by atoms with E-state index >= 15 is 0 Å². The van der Waals surface area contributed by atoms with Crippen LogP contribution >= 0.6 is 0 Å². The van der Waals surface area contributed by atoms with Crippen LogP contribution in [0.2, 0.25) is 0 Å². The summed E-state index contributed by atoms with van der Waals surface area (Å²) in [7, 11) is 0. The molecule has 3 heteroatoms. The molecule has 0 aliphatic heterocycles. The lowest BCUT2D eigenvalue weighted by Crippen LogP contribution is -2.15. The minimum Gasteiger partial charge on any atom is -0.853 e. The highest BCUT2D eigenvalue weighted by Crippen LogP contribution is 1.80. The maximum atomic E-state index is 9.85. The fraction of sp³-hybridized carbons (Fsp3) is 1.00. The van der Waals surface area contributed by atoms with E-state index in [4.69, 9.17) is 9.47 Å². The minimum absolute atomic E-state index is 0.159. The van der Waals surface area contributed by atoms with Gasteiger partial charge < -0.3 is 14.6 Å². The Balaban J connectivity index is 2.65. The molecular weight excluding hydrogens is 132 g/mol. The molecule has 0 spiro atoms. The summed E-state index contributed by atoms with van der Waals surface area (Å²) in [5, 5.41) is 9.85. The molecule has 0 unspecified atom stereocenters. The second-order valence-electron chi connectivity index (χ2n) is 1.93. The van der Waals surface area contributed by atoms with Crippen molar-refractivity contribution in [3.8, 4) is 0 Å². The van der Waals surface area contributed by atoms with Crippen LogP contribution in [-0.4, -0.2) is 33.0 Å². The van der Waals surface area contributed by atoms with Gasteiger partial charge in [-0.3, -0.25) is 0 Å². The monoisotopic (exact) mass is 147 g/mol. The fourth-order valence-electron chi connectivity index (χ4n) is 0.525. The molecule has 0 saturated carbocycles. The van der Waals surface area contributed by atoms with Gasteiger partial charge in [0.25, 0.3) is 0 Å². The molecular formula is C7H15O3-. The van der Waals surface area contributed by atoms with E-state index in [0.717, 1.165) is 13.0 Å². The van der Waals surface area contributed by atoms with Crippen molar-refractivity contribution in [2.45, 2.75) is 13.3 Å². The zero-order valence-corrected chi connectivity index (χ0v) is 6.47. The van der Waals surface area contributed by atoms with Gasteiger partial charge in [0.05, 0.1) is 13.2 Å². The lowest BCUT2D eigenvalue weighted by atomic mass is 10.5. The lowest BCUT2D eigenvalue weighted by molar-refractivity contribution is -0.374. The molecule has 0 rings (SSSR count). The summed E-state index contributed by atoms with van der Waals surface area (Å²) in [5.74, 6) is 0. The van der Waals surface area contributed by atoms with Crippen molar-refractivity contribution in [2.24, 2.45) is 0 Å². The number of rotatable bonds is 7. The first-order chi connectivity index (χ1) is 4.91. The second-order valence-corrected chi connectivity index (χ2v) is 1.93. The Morgan fingerprint density at radius 1 is 1.00 bits per heavy atom. The van der Waals surface area contributed by atoms with E-state index in [1.54, 1.807) is 0 Å². The molecule has 0 atom stereocenters. The predicted octanol–water partition coefficient (Wildman–Crippen LogP) is -0.210. The molecule has 0 N–H and O–H groups in total. The van der Waals surface area contributed by atoms with E-state index in [-0.39, 0.29) is 6.61 Å². The maximum absolute atomic E-state index is 9.85. The summed E-state index contributed by atoms with van der Waals surface area (Å²) in [4.78, 5) is 0. The van der Waals surface area contributed by atoms with Crippen LogP contribution in [0.5, 0.6) is 0 Å². The van der Waals surface area contributed by atoms with Gasteiger partial charge in [0.1, 0.15) is 0 Å². The summed E-state index contributed by atoms with van der Waals surface area (Å²) < 4.78 is 9.99. The molecule has 0 aromatic heterocycles. The van der Waals surface area contributed by atoms with Gasteiger partial charge in [0, 0.05) is 13.2 Å². The molecule has 62 valence electrons. The van der Waals surface area contributed by atoms with Crippen LogP contribution < -0.4 is 5.11 Å². The van der Waals surface area contributed by atoms with Gasteiger partial charge in [-0.05, 0) is 6.42 Å². The molecule has 0 aromatic carbocycles. The molecule has 0 aliphatic carbocycles. The van der Waals surface area contributed by atoms with E-state index in [2.05, 4.69) is 6.92 Å². The van der Waals surface area contributed by atoms with Crippen molar-refractivity contribution in [2.75, 3.05) is 33.0 Å². The Labute approximate surface area is 62.0 Å². The first-order valence-electron chi connectivity index (χ1n) is 3.65. The Bertz CT molecular complexity index is 48.8. The van der Waals surface area contributed by atoms with Crippen molar-refractivity contribution >= 4 is 0 Å². The maximum Gasteiger partial charge on any atom is 0.0700 e. The van der Waals surface area contributed by atoms with Crippen molar-refractivity contribution in [3.63, 3.8) is 0 Å². The molecule has 0 saturated heterocycles. The number of ether oxygens (including phenoxy) is 2. The van der Waals surface area contributed by atoms with E-state index in [0.29, 0.717) is 19.8 Å². The van der Waals surface area contributed by atoms with Crippen LogP contribution in [0.4, 0.5) is 0 Å². The highest BCUT2D eigenvalue weighted by atomic mass is 16.5. The Kier molecular flexibility index (Phi) is 8.77. The van der Waals surface area contributed by atoms with Crippen LogP contribution in [0.3, 0.4) is 0 Å². The van der Waals surface area contributed by atoms with Crippen LogP contribution in [-0.2, 0) is 9.47 Å². The summed E-state index contributed by atoms with van der Waals surface area (Å²) >= 11 is 0. The first-order valence-corrected chi connectivity index (χ1v) is 3.65. The minimum atomic E-state index is -0.159. The second kappa shape index (κ2) is 8.88. The van der Waals surface area contributed by atoms with Crippen molar-refractivity contribution in [1.82, 2.24) is 0 Å². The molecule has 0 aromatic rings. The molecule has 0 heterocycles. The lowest BCUT2D eigenvalue weighted by Gasteiger charge is -2.05. The molecule has 10 heavy (non-hydrogen) atoms. The van der Waals surface area contributed by atoms with E-state index < -0.39 is 0 Å². The first kappa shape index (κ1) is 9.88. The third-order valence-corrected chi connectivity index (χ3v) is 0.948. The average Bonchev–Trinajstić information content (AvgIpc) is 1.97. The zero-order valence-electron chi connectivity index (χ0n) is 6.47. The average molecular weight is 147 g/mol. The SMILES string of the molecule is CCCOCCOCC[O-]. The highest BCUT2D eigenvalue weighted by Gasteiger charge is 1.84. The fourth-order valence-corrected chi connectivity index (χ4v) is 0.525. The number of hydrogen-bond donors (Lipinski definition) is 0. The van der Waals surface area contributed by atoms with Crippen molar-refractivity contribution in [1.29, 1.82) is 0 Å². The quantitative estimate of drug-likeness (QED) is 0.468. The molecule has 0 aliphatic rings. The summed E-state index contributed by atoms with van der Waals surface area (Å²) in [6, 6.07) is 0.